The molecule has 0 aliphatic heterocycles. The van der Waals surface area contributed by atoms with Gasteiger partial charge in [-0.15, -0.1) is 0 Å². The van der Waals surface area contributed by atoms with E-state index in [0.29, 0.717) is 16.3 Å². The first-order valence-electron chi connectivity index (χ1n) is 8.07. The zero-order valence-corrected chi connectivity index (χ0v) is 15.2. The zero-order valence-electron chi connectivity index (χ0n) is 14.4. The summed E-state index contributed by atoms with van der Waals surface area (Å²) in [6.45, 7) is 0. The fraction of sp³-hybridized carbons (Fsp3) is 0.0476. The largest absolute Gasteiger partial charge is 0.495 e. The number of carboxylic acid groups (broad SMARTS) is 1. The topological polar surface area (TPSA) is 75.6 Å². The van der Waals surface area contributed by atoms with Gasteiger partial charge < -0.3 is 15.2 Å². The Bertz CT molecular complexity index is 1000. The van der Waals surface area contributed by atoms with Crippen LogP contribution in [-0.4, -0.2) is 24.1 Å². The van der Waals surface area contributed by atoms with Crippen molar-refractivity contribution in [2.24, 2.45) is 0 Å². The number of carboxylic acids is 1. The van der Waals surface area contributed by atoms with Crippen molar-refractivity contribution in [3.8, 4) is 16.9 Å². The van der Waals surface area contributed by atoms with Gasteiger partial charge in [0.2, 0.25) is 0 Å². The SMILES string of the molecule is COc1cc(-c2ccc(C(=O)O)c(NC(=O)c3ccccc3)c2)ccc1Cl. The minimum Gasteiger partial charge on any atom is -0.495 e. The third kappa shape index (κ3) is 4.10. The Hall–Kier alpha value is -3.31. The summed E-state index contributed by atoms with van der Waals surface area (Å²) in [6.07, 6.45) is 0. The van der Waals surface area contributed by atoms with Crippen molar-refractivity contribution in [1.29, 1.82) is 0 Å². The van der Waals surface area contributed by atoms with Gasteiger partial charge in [-0.2, -0.15) is 0 Å². The quantitative estimate of drug-likeness (QED) is 0.654. The van der Waals surface area contributed by atoms with Gasteiger partial charge >= 0.3 is 5.97 Å². The first kappa shape index (κ1) is 18.5. The Morgan fingerprint density at radius 1 is 0.963 bits per heavy atom. The summed E-state index contributed by atoms with van der Waals surface area (Å²) in [5.41, 5.74) is 2.15. The van der Waals surface area contributed by atoms with Crippen LogP contribution in [0.5, 0.6) is 5.75 Å². The zero-order chi connectivity index (χ0) is 19.4. The van der Waals surface area contributed by atoms with Crippen LogP contribution in [0.4, 0.5) is 5.69 Å². The van der Waals surface area contributed by atoms with Gasteiger partial charge in [0.15, 0.2) is 0 Å². The maximum atomic E-state index is 12.4. The average Bonchev–Trinajstić information content (AvgIpc) is 2.68. The van der Waals surface area contributed by atoms with E-state index < -0.39 is 5.97 Å². The van der Waals surface area contributed by atoms with E-state index in [1.165, 1.54) is 13.2 Å². The molecule has 0 saturated carbocycles. The van der Waals surface area contributed by atoms with Crippen molar-refractivity contribution >= 4 is 29.2 Å². The second kappa shape index (κ2) is 7.93. The molecule has 5 nitrogen and oxygen atoms in total. The number of halogens is 1. The molecular weight excluding hydrogens is 366 g/mol. The molecule has 27 heavy (non-hydrogen) atoms. The van der Waals surface area contributed by atoms with Gasteiger partial charge in [-0.1, -0.05) is 41.9 Å². The molecular formula is C21H16ClNO4. The van der Waals surface area contributed by atoms with E-state index in [1.54, 1.807) is 60.7 Å². The van der Waals surface area contributed by atoms with Crippen LogP contribution in [0.25, 0.3) is 11.1 Å². The highest BCUT2D eigenvalue weighted by Gasteiger charge is 2.15. The molecule has 0 radical (unpaired) electrons. The second-order valence-electron chi connectivity index (χ2n) is 5.73. The molecule has 3 aromatic carbocycles. The number of benzene rings is 3. The summed E-state index contributed by atoms with van der Waals surface area (Å²) in [6, 6.07) is 18.6. The van der Waals surface area contributed by atoms with Crippen molar-refractivity contribution in [2.45, 2.75) is 0 Å². The van der Waals surface area contributed by atoms with Crippen LogP contribution >= 0.6 is 11.6 Å². The van der Waals surface area contributed by atoms with Crippen LogP contribution in [0.2, 0.25) is 5.02 Å². The van der Waals surface area contributed by atoms with Gasteiger partial charge in [0.05, 0.1) is 23.4 Å². The smallest absolute Gasteiger partial charge is 0.337 e. The molecule has 0 aromatic heterocycles. The standard InChI is InChI=1S/C21H16ClNO4/c1-27-19-12-15(8-10-17(19)22)14-7-9-16(21(25)26)18(11-14)23-20(24)13-5-3-2-4-6-13/h2-12H,1H3,(H,23,24)(H,25,26). The number of hydrogen-bond donors (Lipinski definition) is 2. The number of carbonyl (C=O) groups excluding carboxylic acids is 1. The third-order valence-electron chi connectivity index (χ3n) is 4.02. The van der Waals surface area contributed by atoms with Gasteiger partial charge in [-0.3, -0.25) is 4.79 Å². The molecule has 0 bridgehead atoms. The number of methoxy groups -OCH3 is 1. The summed E-state index contributed by atoms with van der Waals surface area (Å²) in [4.78, 5) is 24.0. The van der Waals surface area contributed by atoms with E-state index in [2.05, 4.69) is 5.32 Å². The molecule has 6 heteroatoms. The summed E-state index contributed by atoms with van der Waals surface area (Å²) in [5.74, 6) is -1.01. The maximum absolute atomic E-state index is 12.4. The van der Waals surface area contributed by atoms with E-state index in [-0.39, 0.29) is 17.2 Å². The van der Waals surface area contributed by atoms with Crippen LogP contribution < -0.4 is 10.1 Å². The highest BCUT2D eigenvalue weighted by molar-refractivity contribution is 6.32. The Labute approximate surface area is 161 Å². The molecule has 3 rings (SSSR count). The molecule has 3 aromatic rings. The van der Waals surface area contributed by atoms with Gasteiger partial charge in [0.25, 0.3) is 5.91 Å². The van der Waals surface area contributed by atoms with Crippen molar-refractivity contribution in [3.63, 3.8) is 0 Å². The van der Waals surface area contributed by atoms with Crippen LogP contribution in [0, 0.1) is 0 Å². The Balaban J connectivity index is 2.00. The molecule has 0 spiro atoms. The predicted octanol–water partition coefficient (Wildman–Crippen LogP) is 4.97. The predicted molar refractivity (Wildman–Crippen MR) is 105 cm³/mol. The number of amides is 1. The average molecular weight is 382 g/mol. The van der Waals surface area contributed by atoms with Gasteiger partial charge in [-0.05, 0) is 47.5 Å². The van der Waals surface area contributed by atoms with Gasteiger partial charge in [0.1, 0.15) is 5.75 Å². The summed E-state index contributed by atoms with van der Waals surface area (Å²) >= 11 is 6.06. The van der Waals surface area contributed by atoms with Crippen LogP contribution in [0.1, 0.15) is 20.7 Å². The first-order valence-corrected chi connectivity index (χ1v) is 8.45. The molecule has 1 amide bonds. The Morgan fingerprint density at radius 3 is 2.30 bits per heavy atom. The lowest BCUT2D eigenvalue weighted by molar-refractivity contribution is 0.0698. The lowest BCUT2D eigenvalue weighted by Crippen LogP contribution is -2.14. The lowest BCUT2D eigenvalue weighted by atomic mass is 10.0. The minimum atomic E-state index is -1.13. The molecule has 136 valence electrons. The van der Waals surface area contributed by atoms with E-state index in [4.69, 9.17) is 16.3 Å². The van der Waals surface area contributed by atoms with Crippen molar-refractivity contribution in [1.82, 2.24) is 0 Å². The molecule has 2 N–H and O–H groups in total. The molecule has 0 atom stereocenters. The number of rotatable bonds is 5. The number of ether oxygens (including phenoxy) is 1. The van der Waals surface area contributed by atoms with Crippen LogP contribution in [0.15, 0.2) is 66.7 Å². The Morgan fingerprint density at radius 2 is 1.63 bits per heavy atom. The number of nitrogens with one attached hydrogen (secondary N) is 1. The molecule has 0 aliphatic rings. The molecule has 0 saturated heterocycles. The fourth-order valence-electron chi connectivity index (χ4n) is 2.64. The summed E-state index contributed by atoms with van der Waals surface area (Å²) in [5, 5.41) is 12.6. The first-order chi connectivity index (χ1) is 13.0. The fourth-order valence-corrected chi connectivity index (χ4v) is 2.83. The molecule has 0 aliphatic carbocycles. The number of hydrogen-bond acceptors (Lipinski definition) is 3. The van der Waals surface area contributed by atoms with Crippen molar-refractivity contribution in [2.75, 3.05) is 12.4 Å². The normalized spacial score (nSPS) is 10.3. The van der Waals surface area contributed by atoms with Crippen molar-refractivity contribution < 1.29 is 19.4 Å². The highest BCUT2D eigenvalue weighted by atomic mass is 35.5. The van der Waals surface area contributed by atoms with Gasteiger partial charge in [-0.25, -0.2) is 4.79 Å². The number of carbonyl (C=O) groups is 2. The monoisotopic (exact) mass is 381 g/mol. The van der Waals surface area contributed by atoms with E-state index in [9.17, 15) is 14.7 Å². The molecule has 0 unspecified atom stereocenters. The Kier molecular flexibility index (Phi) is 5.43. The summed E-state index contributed by atoms with van der Waals surface area (Å²) < 4.78 is 5.23. The number of aromatic carboxylic acids is 1. The van der Waals surface area contributed by atoms with E-state index in [1.807, 2.05) is 0 Å². The van der Waals surface area contributed by atoms with Crippen LogP contribution in [0.3, 0.4) is 0 Å². The van der Waals surface area contributed by atoms with E-state index in [0.717, 1.165) is 11.1 Å². The molecule has 0 heterocycles. The van der Waals surface area contributed by atoms with Gasteiger partial charge in [0, 0.05) is 5.56 Å². The maximum Gasteiger partial charge on any atom is 0.337 e. The third-order valence-corrected chi connectivity index (χ3v) is 4.33. The van der Waals surface area contributed by atoms with E-state index >= 15 is 0 Å². The second-order valence-corrected chi connectivity index (χ2v) is 6.14. The number of anilines is 1. The molecule has 0 fully saturated rings. The minimum absolute atomic E-state index is 0.00367. The highest BCUT2D eigenvalue weighted by Crippen LogP contribution is 2.32. The lowest BCUT2D eigenvalue weighted by Gasteiger charge is -2.12. The van der Waals surface area contributed by atoms with Crippen molar-refractivity contribution in [3.05, 3.63) is 82.9 Å². The van der Waals surface area contributed by atoms with Crippen LogP contribution in [-0.2, 0) is 0 Å². The summed E-state index contributed by atoms with van der Waals surface area (Å²) in [7, 11) is 1.52.